The minimum atomic E-state index is -0.896. The highest BCUT2D eigenvalue weighted by Crippen LogP contribution is 2.42. The summed E-state index contributed by atoms with van der Waals surface area (Å²) in [6.07, 6.45) is 0. The van der Waals surface area contributed by atoms with Gasteiger partial charge in [0, 0.05) is 49.1 Å². The third kappa shape index (κ3) is 4.07. The summed E-state index contributed by atoms with van der Waals surface area (Å²) < 4.78 is 230. The molecule has 11 aromatic rings. The number of rotatable bonds is 4. The molecule has 6 heteroatoms. The van der Waals surface area contributed by atoms with Crippen LogP contribution in [0.3, 0.4) is 0 Å². The quantitative estimate of drug-likeness (QED) is 0.186. The maximum Gasteiger partial charge on any atom is 0.238 e. The highest BCUT2D eigenvalue weighted by atomic mass is 16.3. The van der Waals surface area contributed by atoms with Gasteiger partial charge in [0.1, 0.15) is 11.2 Å². The van der Waals surface area contributed by atoms with Crippen molar-refractivity contribution in [1.82, 2.24) is 24.1 Å². The highest BCUT2D eigenvalue weighted by molar-refractivity contribution is 6.23. The SMILES string of the molecule is [2H]c1c([2H])c([2H])c(-c2nc(-c3c([2H])c([2H])c([2H])c4oc5c([2H])c([2H])c([2H])c([2H])c5c34)nc(-n3c4c([2H])c([2H])c([2H])c([2H])c4c4ccc5c6c([2H])c([2H])c([2H])c([2H])c6n(-c6c([2H])c([2H])c([2H])c([2H])c6[2H])c5c43)n2)c([2H])c1[2H]. The van der Waals surface area contributed by atoms with Gasteiger partial charge < -0.3 is 8.98 Å². The molecule has 51 heavy (non-hydrogen) atoms. The predicted molar refractivity (Wildman–Crippen MR) is 207 cm³/mol. The Kier molecular flexibility index (Phi) is 2.74. The zero-order valence-electron chi connectivity index (χ0n) is 50.3. The van der Waals surface area contributed by atoms with Gasteiger partial charge in [0.15, 0.2) is 11.6 Å². The third-order valence-corrected chi connectivity index (χ3v) is 8.35. The van der Waals surface area contributed by atoms with Crippen LogP contribution in [0.5, 0.6) is 0 Å². The number of fused-ring (bicyclic) bond motifs is 10. The molecule has 6 nitrogen and oxygen atoms in total. The van der Waals surface area contributed by atoms with Crippen molar-refractivity contribution < 1.29 is 38.7 Å². The predicted octanol–water partition coefficient (Wildman–Crippen LogP) is 11.3. The van der Waals surface area contributed by atoms with Gasteiger partial charge in [-0.3, -0.25) is 4.57 Å². The van der Waals surface area contributed by atoms with E-state index < -0.39 is 218 Å². The summed E-state index contributed by atoms with van der Waals surface area (Å²) in [5, 5.41) is -1.63. The molecule has 0 saturated carbocycles. The second kappa shape index (κ2) is 10.7. The van der Waals surface area contributed by atoms with Gasteiger partial charge in [0.25, 0.3) is 0 Å². The monoisotopic (exact) mass is 678 g/mol. The number of aromatic nitrogens is 5. The van der Waals surface area contributed by atoms with Crippen LogP contribution in [0.15, 0.2) is 168 Å². The molecule has 0 aliphatic rings. The highest BCUT2D eigenvalue weighted by Gasteiger charge is 2.24. The smallest absolute Gasteiger partial charge is 0.238 e. The lowest BCUT2D eigenvalue weighted by molar-refractivity contribution is 0.669. The zero-order valence-corrected chi connectivity index (χ0v) is 25.3. The van der Waals surface area contributed by atoms with Crippen molar-refractivity contribution >= 4 is 65.6 Å². The van der Waals surface area contributed by atoms with Gasteiger partial charge in [-0.25, -0.2) is 4.98 Å². The van der Waals surface area contributed by atoms with Crippen molar-refractivity contribution in [2.75, 3.05) is 0 Å². The fourth-order valence-electron chi connectivity index (χ4n) is 6.35. The molecule has 0 bridgehead atoms. The molecule has 7 aromatic carbocycles. The topological polar surface area (TPSA) is 61.7 Å². The van der Waals surface area contributed by atoms with E-state index in [9.17, 15) is 9.60 Å². The molecule has 4 aromatic heterocycles. The van der Waals surface area contributed by atoms with Crippen LogP contribution in [0.2, 0.25) is 0 Å². The molecule has 0 N–H and O–H groups in total. The summed E-state index contributed by atoms with van der Waals surface area (Å²) >= 11 is 0. The van der Waals surface area contributed by atoms with Crippen LogP contribution >= 0.6 is 0 Å². The molecular formula is C45H27N5O. The first-order chi connectivity index (χ1) is 35.7. The number of nitrogens with zero attached hydrogens (tertiary/aromatic N) is 5. The molecule has 0 radical (unpaired) electrons. The summed E-state index contributed by atoms with van der Waals surface area (Å²) in [5.74, 6) is -2.35. The van der Waals surface area contributed by atoms with Gasteiger partial charge in [0.05, 0.1) is 56.3 Å². The van der Waals surface area contributed by atoms with Crippen LogP contribution in [-0.2, 0) is 0 Å². The summed E-state index contributed by atoms with van der Waals surface area (Å²) in [5.41, 5.74) is -4.63. The van der Waals surface area contributed by atoms with Crippen LogP contribution in [0.4, 0.5) is 0 Å². The van der Waals surface area contributed by atoms with Crippen LogP contribution in [0.1, 0.15) is 34.3 Å². The second-order valence-electron chi connectivity index (χ2n) is 11.0. The fraction of sp³-hybridized carbons (Fsp3) is 0. The van der Waals surface area contributed by atoms with Crippen LogP contribution < -0.4 is 0 Å². The maximum absolute atomic E-state index is 9.46. The molecule has 4 heterocycles. The molecule has 238 valence electrons. The Hall–Kier alpha value is -7.05. The van der Waals surface area contributed by atoms with Gasteiger partial charge in [0.2, 0.25) is 5.95 Å². The molecule has 0 fully saturated rings. The average molecular weight is 679 g/mol. The Labute approximate surface area is 326 Å². The summed E-state index contributed by atoms with van der Waals surface area (Å²) in [6.45, 7) is 0. The van der Waals surface area contributed by atoms with E-state index in [1.54, 1.807) is 0 Å². The number of furan rings is 1. The van der Waals surface area contributed by atoms with E-state index in [2.05, 4.69) is 9.97 Å². The largest absolute Gasteiger partial charge is 0.456 e. The van der Waals surface area contributed by atoms with Gasteiger partial charge in [-0.2, -0.15) is 9.97 Å². The van der Waals surface area contributed by atoms with E-state index in [0.29, 0.717) is 0 Å². The molecule has 0 spiro atoms. The van der Waals surface area contributed by atoms with Crippen LogP contribution in [-0.4, -0.2) is 24.1 Å². The molecule has 0 unspecified atom stereocenters. The zero-order chi connectivity index (χ0) is 55.2. The second-order valence-corrected chi connectivity index (χ2v) is 11.0. The van der Waals surface area contributed by atoms with Gasteiger partial charge >= 0.3 is 0 Å². The third-order valence-electron chi connectivity index (χ3n) is 8.35. The first-order valence-electron chi connectivity index (χ1n) is 27.5. The lowest BCUT2D eigenvalue weighted by Gasteiger charge is -2.13. The molecule has 0 amide bonds. The van der Waals surface area contributed by atoms with Crippen LogP contribution in [0.25, 0.3) is 100.0 Å². The Morgan fingerprint density at radius 2 is 1.02 bits per heavy atom. The van der Waals surface area contributed by atoms with E-state index in [-0.39, 0.29) is 32.6 Å². The fourth-order valence-corrected chi connectivity index (χ4v) is 6.35. The first kappa shape index (κ1) is 13.0. The summed E-state index contributed by atoms with van der Waals surface area (Å²) in [4.78, 5) is 13.8. The Bertz CT molecular complexity index is 4540. The van der Waals surface area contributed by atoms with Gasteiger partial charge in [-0.05, 0) is 36.3 Å². The van der Waals surface area contributed by atoms with Crippen molar-refractivity contribution in [3.8, 4) is 34.4 Å². The average Bonchev–Trinajstić information content (AvgIpc) is 4.21. The Morgan fingerprint density at radius 3 is 1.76 bits per heavy atom. The van der Waals surface area contributed by atoms with Crippen molar-refractivity contribution in [2.45, 2.75) is 0 Å². The van der Waals surface area contributed by atoms with Crippen molar-refractivity contribution in [3.05, 3.63) is 163 Å². The molecule has 0 aliphatic heterocycles. The van der Waals surface area contributed by atoms with E-state index in [4.69, 9.17) is 34.1 Å². The van der Waals surface area contributed by atoms with E-state index in [1.807, 2.05) is 0 Å². The number of hydrogen-bond acceptors (Lipinski definition) is 4. The standard InChI is InChI=1S/C45H27N5O/c1-3-14-28(15-4-1)43-46-44(35-21-13-25-39-40(35)34-20-9-12-24-38(34)51-39)48-45(47-43)50-37-23-11-8-19-31(37)33-27-26-32-30-18-7-10-22-36(30)49(41(32)42(33)50)29-16-5-2-6-17-29/h1-27H/i1D,2D,3D,4D,5D,6D,7D,8D,9D,10D,11D,12D,13D,14D,15D,16D,17D,18D,19D,20D,21D,22D,23D,24D,25D. The number of hydrogen-bond donors (Lipinski definition) is 0. The Morgan fingerprint density at radius 1 is 0.451 bits per heavy atom. The lowest BCUT2D eigenvalue weighted by Crippen LogP contribution is -2.07. The van der Waals surface area contributed by atoms with Gasteiger partial charge in [-0.15, -0.1) is 0 Å². The number of para-hydroxylation sites is 4. The lowest BCUT2D eigenvalue weighted by atomic mass is 10.1. The van der Waals surface area contributed by atoms with E-state index >= 15 is 0 Å². The molecule has 0 aliphatic carbocycles. The summed E-state index contributed by atoms with van der Waals surface area (Å²) in [7, 11) is 0. The maximum atomic E-state index is 9.46. The van der Waals surface area contributed by atoms with Gasteiger partial charge in [-0.1, -0.05) is 127 Å². The molecule has 11 rings (SSSR count). The van der Waals surface area contributed by atoms with E-state index in [1.165, 1.54) is 12.1 Å². The first-order valence-corrected chi connectivity index (χ1v) is 15.0. The minimum Gasteiger partial charge on any atom is -0.456 e. The van der Waals surface area contributed by atoms with Crippen LogP contribution in [0, 0.1) is 0 Å². The number of benzene rings is 7. The molecule has 0 saturated heterocycles. The van der Waals surface area contributed by atoms with E-state index in [0.717, 1.165) is 9.13 Å². The summed E-state index contributed by atoms with van der Waals surface area (Å²) in [6, 6.07) is -17.6. The van der Waals surface area contributed by atoms with Crippen molar-refractivity contribution in [1.29, 1.82) is 0 Å². The normalized spacial score (nSPS) is 18.8. The van der Waals surface area contributed by atoms with Crippen molar-refractivity contribution in [3.63, 3.8) is 0 Å². The molecular weight excluding hydrogens is 627 g/mol. The minimum absolute atomic E-state index is 0.111. The van der Waals surface area contributed by atoms with Crippen molar-refractivity contribution in [2.24, 2.45) is 0 Å². The Balaban J connectivity index is 1.46. The molecule has 0 atom stereocenters.